The Morgan fingerprint density at radius 3 is 2.32 bits per heavy atom. The molecule has 152 valence electrons. The Morgan fingerprint density at radius 2 is 1.68 bits per heavy atom. The molecule has 1 aliphatic carbocycles. The molecule has 0 atom stereocenters. The van der Waals surface area contributed by atoms with E-state index in [-0.39, 0.29) is 0 Å². The maximum absolute atomic E-state index is 12.9. The van der Waals surface area contributed by atoms with Crippen LogP contribution in [0.4, 0.5) is 13.2 Å². The molecule has 0 unspecified atom stereocenters. The molecule has 2 heterocycles. The second-order valence-corrected chi connectivity index (χ2v) is 8.95. The maximum Gasteiger partial charge on any atom is 0.416 e. The van der Waals surface area contributed by atoms with Gasteiger partial charge in [0.05, 0.1) is 23.0 Å². The summed E-state index contributed by atoms with van der Waals surface area (Å²) < 4.78 is 40.9. The molecule has 0 bridgehead atoms. The zero-order valence-electron chi connectivity index (χ0n) is 15.9. The van der Waals surface area contributed by atoms with Crippen molar-refractivity contribution in [3.05, 3.63) is 41.6 Å². The third-order valence-corrected chi connectivity index (χ3v) is 6.65. The van der Waals surface area contributed by atoms with Crippen molar-refractivity contribution in [1.82, 2.24) is 14.7 Å². The van der Waals surface area contributed by atoms with Gasteiger partial charge in [-0.1, -0.05) is 31.4 Å². The lowest BCUT2D eigenvalue weighted by molar-refractivity contribution is -0.137. The Balaban J connectivity index is 1.63. The van der Waals surface area contributed by atoms with Crippen LogP contribution in [0.2, 0.25) is 0 Å². The van der Waals surface area contributed by atoms with Gasteiger partial charge in [0.25, 0.3) is 0 Å². The number of benzene rings is 1. The summed E-state index contributed by atoms with van der Waals surface area (Å²) in [4.78, 5) is 2.42. The summed E-state index contributed by atoms with van der Waals surface area (Å²) in [7, 11) is 0. The molecule has 2 aliphatic rings. The first-order chi connectivity index (χ1) is 13.5. The van der Waals surface area contributed by atoms with Gasteiger partial charge in [0.15, 0.2) is 0 Å². The van der Waals surface area contributed by atoms with Gasteiger partial charge in [-0.2, -0.15) is 30.0 Å². The van der Waals surface area contributed by atoms with Gasteiger partial charge in [-0.05, 0) is 36.6 Å². The van der Waals surface area contributed by atoms with Gasteiger partial charge < -0.3 is 0 Å². The van der Waals surface area contributed by atoms with E-state index in [0.29, 0.717) is 6.04 Å². The molecular weight excluding hydrogens is 383 g/mol. The smallest absolute Gasteiger partial charge is 0.296 e. The third-order valence-electron chi connectivity index (χ3n) is 5.70. The molecule has 0 radical (unpaired) electrons. The number of alkyl halides is 3. The fraction of sp³-hybridized carbons (Fsp3) is 0.571. The molecule has 0 spiro atoms. The predicted octanol–water partition coefficient (Wildman–Crippen LogP) is 5.62. The molecule has 2 aromatic rings. The highest BCUT2D eigenvalue weighted by Gasteiger charge is 2.30. The first-order valence-corrected chi connectivity index (χ1v) is 11.2. The summed E-state index contributed by atoms with van der Waals surface area (Å²) in [5.74, 6) is 2.30. The van der Waals surface area contributed by atoms with Gasteiger partial charge in [0, 0.05) is 31.1 Å². The largest absolute Gasteiger partial charge is 0.416 e. The molecule has 1 saturated carbocycles. The molecule has 1 aromatic carbocycles. The van der Waals surface area contributed by atoms with E-state index in [1.807, 2.05) is 11.8 Å². The van der Waals surface area contributed by atoms with E-state index in [1.54, 1.807) is 12.1 Å². The van der Waals surface area contributed by atoms with Crippen LogP contribution in [0.1, 0.15) is 49.4 Å². The number of thioether (sulfide) groups is 1. The fourth-order valence-electron chi connectivity index (χ4n) is 4.16. The summed E-state index contributed by atoms with van der Waals surface area (Å²) in [5, 5.41) is 4.92. The van der Waals surface area contributed by atoms with Gasteiger partial charge in [-0.3, -0.25) is 9.58 Å². The number of hydrogen-bond acceptors (Lipinski definition) is 3. The third kappa shape index (κ3) is 4.57. The molecular formula is C21H26F3N3S. The van der Waals surface area contributed by atoms with Crippen LogP contribution < -0.4 is 0 Å². The fourth-order valence-corrected chi connectivity index (χ4v) is 5.14. The van der Waals surface area contributed by atoms with Gasteiger partial charge in [-0.25, -0.2) is 0 Å². The highest BCUT2D eigenvalue weighted by atomic mass is 32.2. The van der Waals surface area contributed by atoms with Crippen molar-refractivity contribution >= 4 is 11.8 Å². The van der Waals surface area contributed by atoms with E-state index >= 15 is 0 Å². The Bertz CT molecular complexity index is 773. The average Bonchev–Trinajstić information content (AvgIpc) is 3.13. The van der Waals surface area contributed by atoms with E-state index in [4.69, 9.17) is 5.10 Å². The summed E-state index contributed by atoms with van der Waals surface area (Å²) in [6.45, 7) is 2.95. The summed E-state index contributed by atoms with van der Waals surface area (Å²) in [6, 6.07) is 7.95. The molecule has 0 amide bonds. The summed E-state index contributed by atoms with van der Waals surface area (Å²) >= 11 is 1.98. The molecule has 1 saturated heterocycles. The van der Waals surface area contributed by atoms with Gasteiger partial charge in [0.2, 0.25) is 0 Å². The zero-order chi connectivity index (χ0) is 19.6. The van der Waals surface area contributed by atoms with Crippen molar-refractivity contribution in [3.63, 3.8) is 0 Å². The molecule has 3 nitrogen and oxygen atoms in total. The molecule has 7 heteroatoms. The van der Waals surface area contributed by atoms with Crippen LogP contribution in [0.15, 0.2) is 30.3 Å². The highest BCUT2D eigenvalue weighted by molar-refractivity contribution is 7.99. The average molecular weight is 410 g/mol. The van der Waals surface area contributed by atoms with E-state index in [9.17, 15) is 13.2 Å². The van der Waals surface area contributed by atoms with Crippen LogP contribution in [-0.4, -0.2) is 39.3 Å². The van der Waals surface area contributed by atoms with Gasteiger partial charge >= 0.3 is 6.18 Å². The maximum atomic E-state index is 12.9. The van der Waals surface area contributed by atoms with Crippen LogP contribution in [0.5, 0.6) is 0 Å². The first kappa shape index (κ1) is 19.8. The van der Waals surface area contributed by atoms with Crippen LogP contribution >= 0.6 is 11.8 Å². The number of aromatic nitrogens is 2. The van der Waals surface area contributed by atoms with E-state index < -0.39 is 11.7 Å². The van der Waals surface area contributed by atoms with Crippen LogP contribution in [0.3, 0.4) is 0 Å². The van der Waals surface area contributed by atoms with Crippen molar-refractivity contribution in [3.8, 4) is 11.3 Å². The van der Waals surface area contributed by atoms with Crippen molar-refractivity contribution in [1.29, 1.82) is 0 Å². The number of hydrogen-bond donors (Lipinski definition) is 0. The zero-order valence-corrected chi connectivity index (χ0v) is 16.7. The highest BCUT2D eigenvalue weighted by Crippen LogP contribution is 2.35. The van der Waals surface area contributed by atoms with Gasteiger partial charge in [-0.15, -0.1) is 0 Å². The lowest BCUT2D eigenvalue weighted by Crippen LogP contribution is -2.32. The summed E-state index contributed by atoms with van der Waals surface area (Å²) in [6.07, 6.45) is 1.51. The lowest BCUT2D eigenvalue weighted by Gasteiger charge is -2.25. The molecule has 1 aliphatic heterocycles. The predicted molar refractivity (Wildman–Crippen MR) is 107 cm³/mol. The standard InChI is InChI=1S/C21H26F3N3S/c22-21(23,24)17-8-6-16(7-9-17)20-14-18(15-26-10-12-28-13-11-26)25-27(20)19-4-2-1-3-5-19/h6-9,14,19H,1-5,10-13,15H2. The SMILES string of the molecule is FC(F)(F)c1ccc(-c2cc(CN3CCSCC3)nn2C2CCCCC2)cc1. The van der Waals surface area contributed by atoms with Crippen molar-refractivity contribution in [2.24, 2.45) is 0 Å². The normalized spacial score (nSPS) is 19.8. The number of nitrogens with zero attached hydrogens (tertiary/aromatic N) is 3. The second kappa shape index (κ2) is 8.49. The molecule has 0 N–H and O–H groups in total. The Hall–Kier alpha value is -1.47. The van der Waals surface area contributed by atoms with E-state index in [0.717, 1.165) is 60.9 Å². The van der Waals surface area contributed by atoms with Crippen LogP contribution in [-0.2, 0) is 12.7 Å². The first-order valence-electron chi connectivity index (χ1n) is 10.1. The van der Waals surface area contributed by atoms with Gasteiger partial charge in [0.1, 0.15) is 0 Å². The van der Waals surface area contributed by atoms with Crippen molar-refractivity contribution in [2.45, 2.75) is 50.9 Å². The Labute approximate surface area is 168 Å². The molecule has 4 rings (SSSR count). The van der Waals surface area contributed by atoms with Crippen molar-refractivity contribution < 1.29 is 13.2 Å². The Kier molecular flexibility index (Phi) is 6.01. The summed E-state index contributed by atoms with van der Waals surface area (Å²) in [5.41, 5.74) is 2.17. The topological polar surface area (TPSA) is 21.1 Å². The van der Waals surface area contributed by atoms with Crippen LogP contribution in [0.25, 0.3) is 11.3 Å². The lowest BCUT2D eigenvalue weighted by atomic mass is 9.95. The second-order valence-electron chi connectivity index (χ2n) is 7.72. The molecule has 2 fully saturated rings. The van der Waals surface area contributed by atoms with Crippen molar-refractivity contribution in [2.75, 3.05) is 24.6 Å². The minimum absolute atomic E-state index is 0.344. The van der Waals surface area contributed by atoms with E-state index in [2.05, 4.69) is 15.6 Å². The quantitative estimate of drug-likeness (QED) is 0.654. The monoisotopic (exact) mass is 409 g/mol. The number of halogens is 3. The van der Waals surface area contributed by atoms with Crippen LogP contribution in [0, 0.1) is 0 Å². The Morgan fingerprint density at radius 1 is 1.00 bits per heavy atom. The minimum atomic E-state index is -4.31. The molecule has 1 aromatic heterocycles. The molecule has 28 heavy (non-hydrogen) atoms. The minimum Gasteiger partial charge on any atom is -0.296 e. The number of rotatable bonds is 4. The van der Waals surface area contributed by atoms with E-state index in [1.165, 1.54) is 31.4 Å².